The highest BCUT2D eigenvalue weighted by atomic mass is 32.2. The molecule has 2 aromatic carbocycles. The van der Waals surface area contributed by atoms with Crippen LogP contribution < -0.4 is 0 Å². The molecule has 2 aromatic rings. The first-order chi connectivity index (χ1) is 11.3. The summed E-state index contributed by atoms with van der Waals surface area (Å²) in [7, 11) is -7.35. The van der Waals surface area contributed by atoms with E-state index in [-0.39, 0.29) is 18.0 Å². The molecule has 0 radical (unpaired) electrons. The average Bonchev–Trinajstić information content (AvgIpc) is 3.02. The van der Waals surface area contributed by atoms with Gasteiger partial charge in [0.05, 0.1) is 11.2 Å². The summed E-state index contributed by atoms with van der Waals surface area (Å²) < 4.78 is 52.7. The number of sulfonamides is 2. The fourth-order valence-corrected chi connectivity index (χ4v) is 5.53. The van der Waals surface area contributed by atoms with Crippen LogP contribution in [0.1, 0.15) is 11.7 Å². The molecule has 1 saturated heterocycles. The average molecular weight is 366 g/mol. The quantitative estimate of drug-likeness (QED) is 0.825. The third kappa shape index (κ3) is 3.10. The summed E-state index contributed by atoms with van der Waals surface area (Å²) >= 11 is 0. The van der Waals surface area contributed by atoms with Crippen molar-refractivity contribution in [2.24, 2.45) is 0 Å². The SMILES string of the molecule is CS(=O)(=O)N1CCN(S(=O)(=O)c2ccccc2)[C@H]1c1ccccc1. The van der Waals surface area contributed by atoms with Crippen LogP contribution in [0, 0.1) is 0 Å². The highest BCUT2D eigenvalue weighted by molar-refractivity contribution is 7.89. The molecule has 0 spiro atoms. The zero-order chi connectivity index (χ0) is 17.4. The Morgan fingerprint density at radius 2 is 1.29 bits per heavy atom. The predicted octanol–water partition coefficient (Wildman–Crippen LogP) is 1.65. The van der Waals surface area contributed by atoms with Gasteiger partial charge in [0.15, 0.2) is 0 Å². The number of rotatable bonds is 4. The maximum Gasteiger partial charge on any atom is 0.244 e. The van der Waals surface area contributed by atoms with Crippen molar-refractivity contribution in [2.75, 3.05) is 19.3 Å². The first-order valence-electron chi connectivity index (χ1n) is 7.40. The Morgan fingerprint density at radius 3 is 1.83 bits per heavy atom. The maximum atomic E-state index is 13.0. The van der Waals surface area contributed by atoms with Gasteiger partial charge in [-0.25, -0.2) is 16.8 Å². The molecule has 0 amide bonds. The van der Waals surface area contributed by atoms with Gasteiger partial charge in [-0.2, -0.15) is 8.61 Å². The van der Waals surface area contributed by atoms with Crippen molar-refractivity contribution in [1.29, 1.82) is 0 Å². The number of hydrogen-bond donors (Lipinski definition) is 0. The Bertz CT molecular complexity index is 913. The van der Waals surface area contributed by atoms with Crippen molar-refractivity contribution in [3.05, 3.63) is 66.2 Å². The van der Waals surface area contributed by atoms with E-state index in [0.29, 0.717) is 5.56 Å². The van der Waals surface area contributed by atoms with Crippen molar-refractivity contribution in [3.63, 3.8) is 0 Å². The number of nitrogens with zero attached hydrogens (tertiary/aromatic N) is 2. The Labute approximate surface area is 142 Å². The van der Waals surface area contributed by atoms with E-state index in [0.717, 1.165) is 6.26 Å². The first-order valence-corrected chi connectivity index (χ1v) is 10.7. The Kier molecular flexibility index (Phi) is 4.48. The molecule has 1 atom stereocenters. The van der Waals surface area contributed by atoms with Gasteiger partial charge in [-0.15, -0.1) is 0 Å². The predicted molar refractivity (Wildman–Crippen MR) is 91.1 cm³/mol. The minimum Gasteiger partial charge on any atom is -0.212 e. The van der Waals surface area contributed by atoms with E-state index in [4.69, 9.17) is 0 Å². The molecule has 0 bridgehead atoms. The molecule has 0 saturated carbocycles. The van der Waals surface area contributed by atoms with E-state index in [1.165, 1.54) is 20.7 Å². The molecular formula is C16H18N2O4S2. The van der Waals surface area contributed by atoms with E-state index >= 15 is 0 Å². The Hall–Kier alpha value is -1.74. The van der Waals surface area contributed by atoms with Gasteiger partial charge in [0.2, 0.25) is 20.0 Å². The van der Waals surface area contributed by atoms with E-state index in [2.05, 4.69) is 0 Å². The fraction of sp³-hybridized carbons (Fsp3) is 0.250. The van der Waals surface area contributed by atoms with Gasteiger partial charge in [-0.05, 0) is 17.7 Å². The van der Waals surface area contributed by atoms with Crippen molar-refractivity contribution >= 4 is 20.0 Å². The molecule has 0 aromatic heterocycles. The molecule has 1 aliphatic rings. The van der Waals surface area contributed by atoms with Crippen LogP contribution in [0.5, 0.6) is 0 Å². The lowest BCUT2D eigenvalue weighted by Crippen LogP contribution is -2.37. The van der Waals surface area contributed by atoms with Gasteiger partial charge in [-0.3, -0.25) is 0 Å². The molecule has 1 heterocycles. The van der Waals surface area contributed by atoms with Crippen LogP contribution in [-0.2, 0) is 20.0 Å². The van der Waals surface area contributed by atoms with E-state index in [9.17, 15) is 16.8 Å². The molecular weight excluding hydrogens is 348 g/mol. The van der Waals surface area contributed by atoms with Crippen LogP contribution >= 0.6 is 0 Å². The largest absolute Gasteiger partial charge is 0.244 e. The molecule has 3 rings (SSSR count). The second kappa shape index (κ2) is 6.29. The molecule has 0 N–H and O–H groups in total. The summed E-state index contributed by atoms with van der Waals surface area (Å²) in [6.45, 7) is 0.244. The zero-order valence-corrected chi connectivity index (χ0v) is 14.7. The third-order valence-corrected chi connectivity index (χ3v) is 7.06. The fourth-order valence-electron chi connectivity index (χ4n) is 2.87. The van der Waals surface area contributed by atoms with Gasteiger partial charge in [-0.1, -0.05) is 48.5 Å². The van der Waals surface area contributed by atoms with Crippen LogP contribution in [0.2, 0.25) is 0 Å². The molecule has 1 aliphatic heterocycles. The standard InChI is InChI=1S/C16H18N2O4S2/c1-23(19,20)17-12-13-18(16(17)14-8-4-2-5-9-14)24(21,22)15-10-6-3-7-11-15/h2-11,16H,12-13H2,1H3/t16-/m0/s1. The lowest BCUT2D eigenvalue weighted by Gasteiger charge is -2.28. The van der Waals surface area contributed by atoms with Gasteiger partial charge < -0.3 is 0 Å². The Morgan fingerprint density at radius 1 is 0.792 bits per heavy atom. The molecule has 1 fully saturated rings. The highest BCUT2D eigenvalue weighted by Gasteiger charge is 2.44. The van der Waals surface area contributed by atoms with Crippen molar-refractivity contribution in [2.45, 2.75) is 11.1 Å². The topological polar surface area (TPSA) is 74.8 Å². The molecule has 0 aliphatic carbocycles. The second-order valence-corrected chi connectivity index (χ2v) is 9.41. The second-order valence-electron chi connectivity index (χ2n) is 5.59. The van der Waals surface area contributed by atoms with Crippen molar-refractivity contribution in [3.8, 4) is 0 Å². The molecule has 8 heteroatoms. The minimum atomic E-state index is -3.80. The van der Waals surface area contributed by atoms with Crippen LogP contribution in [0.25, 0.3) is 0 Å². The molecule has 128 valence electrons. The lowest BCUT2D eigenvalue weighted by molar-refractivity contribution is 0.293. The summed E-state index contributed by atoms with van der Waals surface area (Å²) in [6.07, 6.45) is 0.230. The lowest BCUT2D eigenvalue weighted by atomic mass is 10.2. The van der Waals surface area contributed by atoms with E-state index < -0.39 is 26.2 Å². The van der Waals surface area contributed by atoms with Crippen LogP contribution in [0.4, 0.5) is 0 Å². The third-order valence-electron chi connectivity index (χ3n) is 3.96. The van der Waals surface area contributed by atoms with Gasteiger partial charge in [0, 0.05) is 13.1 Å². The summed E-state index contributed by atoms with van der Waals surface area (Å²) in [4.78, 5) is 0.154. The number of hydrogen-bond acceptors (Lipinski definition) is 4. The monoisotopic (exact) mass is 366 g/mol. The molecule has 0 unspecified atom stereocenters. The van der Waals surface area contributed by atoms with Crippen LogP contribution in [-0.4, -0.2) is 44.8 Å². The summed E-state index contributed by atoms with van der Waals surface area (Å²) in [5.41, 5.74) is 0.625. The number of benzene rings is 2. The summed E-state index contributed by atoms with van der Waals surface area (Å²) in [5, 5.41) is 0. The summed E-state index contributed by atoms with van der Waals surface area (Å²) in [5.74, 6) is 0. The van der Waals surface area contributed by atoms with Gasteiger partial charge in [0.25, 0.3) is 0 Å². The van der Waals surface area contributed by atoms with E-state index in [1.807, 2.05) is 0 Å². The smallest absolute Gasteiger partial charge is 0.212 e. The molecule has 6 nitrogen and oxygen atoms in total. The van der Waals surface area contributed by atoms with Gasteiger partial charge in [0.1, 0.15) is 6.17 Å². The van der Waals surface area contributed by atoms with Crippen LogP contribution in [0.15, 0.2) is 65.6 Å². The Balaban J connectivity index is 2.10. The van der Waals surface area contributed by atoms with Crippen molar-refractivity contribution < 1.29 is 16.8 Å². The zero-order valence-electron chi connectivity index (χ0n) is 13.1. The van der Waals surface area contributed by atoms with Crippen molar-refractivity contribution in [1.82, 2.24) is 8.61 Å². The summed E-state index contributed by atoms with van der Waals surface area (Å²) in [6, 6.07) is 16.9. The minimum absolute atomic E-state index is 0.115. The highest BCUT2D eigenvalue weighted by Crippen LogP contribution is 2.36. The van der Waals surface area contributed by atoms with Gasteiger partial charge >= 0.3 is 0 Å². The maximum absolute atomic E-state index is 13.0. The molecule has 24 heavy (non-hydrogen) atoms. The van der Waals surface area contributed by atoms with E-state index in [1.54, 1.807) is 48.5 Å². The normalized spacial score (nSPS) is 20.3. The first kappa shape index (κ1) is 17.1. The van der Waals surface area contributed by atoms with Crippen LogP contribution in [0.3, 0.4) is 0 Å².